The maximum absolute atomic E-state index is 4.39. The SMILES string of the molecule is CCCn1ccc(CSC)n1. The van der Waals surface area contributed by atoms with Crippen molar-refractivity contribution in [1.82, 2.24) is 9.78 Å². The fourth-order valence-electron chi connectivity index (χ4n) is 0.982. The van der Waals surface area contributed by atoms with Crippen LogP contribution < -0.4 is 0 Å². The molecule has 0 amide bonds. The number of aryl methyl sites for hydroxylation is 1. The van der Waals surface area contributed by atoms with Crippen LogP contribution >= 0.6 is 11.8 Å². The van der Waals surface area contributed by atoms with Gasteiger partial charge in [-0.1, -0.05) is 6.92 Å². The van der Waals surface area contributed by atoms with Crippen molar-refractivity contribution in [1.29, 1.82) is 0 Å². The predicted octanol–water partition coefficient (Wildman–Crippen LogP) is 2.16. The van der Waals surface area contributed by atoms with E-state index in [4.69, 9.17) is 0 Å². The number of aromatic nitrogens is 2. The number of thioether (sulfide) groups is 1. The van der Waals surface area contributed by atoms with Gasteiger partial charge >= 0.3 is 0 Å². The van der Waals surface area contributed by atoms with Gasteiger partial charge in [0.2, 0.25) is 0 Å². The third-order valence-electron chi connectivity index (χ3n) is 1.44. The topological polar surface area (TPSA) is 17.8 Å². The second-order valence-corrected chi connectivity index (χ2v) is 3.37. The van der Waals surface area contributed by atoms with Crippen molar-refractivity contribution < 1.29 is 0 Å². The van der Waals surface area contributed by atoms with Gasteiger partial charge in [-0.15, -0.1) is 0 Å². The zero-order valence-corrected chi connectivity index (χ0v) is 7.90. The van der Waals surface area contributed by atoms with Crippen molar-refractivity contribution in [2.45, 2.75) is 25.6 Å². The second kappa shape index (κ2) is 4.44. The molecule has 0 atom stereocenters. The van der Waals surface area contributed by atoms with E-state index in [1.165, 1.54) is 5.69 Å². The molecule has 3 heteroatoms. The molecular weight excluding hydrogens is 156 g/mol. The first-order chi connectivity index (χ1) is 5.36. The molecule has 0 unspecified atom stereocenters. The van der Waals surface area contributed by atoms with Crippen LogP contribution in [0.4, 0.5) is 0 Å². The van der Waals surface area contributed by atoms with E-state index in [0.29, 0.717) is 0 Å². The van der Waals surface area contributed by atoms with E-state index in [9.17, 15) is 0 Å². The molecule has 0 aliphatic rings. The maximum Gasteiger partial charge on any atom is 0.0723 e. The Morgan fingerprint density at radius 1 is 1.64 bits per heavy atom. The highest BCUT2D eigenvalue weighted by atomic mass is 32.2. The Bertz CT molecular complexity index is 187. The Hall–Kier alpha value is -0.440. The molecule has 0 saturated heterocycles. The van der Waals surface area contributed by atoms with Crippen LogP contribution in [0.2, 0.25) is 0 Å². The zero-order valence-electron chi connectivity index (χ0n) is 7.08. The third-order valence-corrected chi connectivity index (χ3v) is 2.03. The summed E-state index contributed by atoms with van der Waals surface area (Å²) < 4.78 is 2.01. The monoisotopic (exact) mass is 170 g/mol. The summed E-state index contributed by atoms with van der Waals surface area (Å²) >= 11 is 1.81. The summed E-state index contributed by atoms with van der Waals surface area (Å²) in [5.41, 5.74) is 1.19. The number of hydrogen-bond donors (Lipinski definition) is 0. The molecule has 0 bridgehead atoms. The van der Waals surface area contributed by atoms with E-state index in [1.807, 2.05) is 16.4 Å². The van der Waals surface area contributed by atoms with Crippen LogP contribution in [-0.2, 0) is 12.3 Å². The van der Waals surface area contributed by atoms with E-state index >= 15 is 0 Å². The van der Waals surface area contributed by atoms with Crippen LogP contribution in [0, 0.1) is 0 Å². The maximum atomic E-state index is 4.39. The molecule has 0 spiro atoms. The van der Waals surface area contributed by atoms with Crippen molar-refractivity contribution in [3.63, 3.8) is 0 Å². The Labute approximate surface area is 72.0 Å². The average Bonchev–Trinajstić information content (AvgIpc) is 2.38. The smallest absolute Gasteiger partial charge is 0.0723 e. The van der Waals surface area contributed by atoms with E-state index in [0.717, 1.165) is 18.7 Å². The molecule has 62 valence electrons. The van der Waals surface area contributed by atoms with Crippen molar-refractivity contribution >= 4 is 11.8 Å². The van der Waals surface area contributed by atoms with Crippen LogP contribution in [0.1, 0.15) is 19.0 Å². The molecule has 1 rings (SSSR count). The molecule has 2 nitrogen and oxygen atoms in total. The molecular formula is C8H14N2S. The van der Waals surface area contributed by atoms with Gasteiger partial charge in [0.1, 0.15) is 0 Å². The van der Waals surface area contributed by atoms with E-state index in [2.05, 4.69) is 30.5 Å². The van der Waals surface area contributed by atoms with Gasteiger partial charge in [0.15, 0.2) is 0 Å². The van der Waals surface area contributed by atoms with Gasteiger partial charge in [-0.25, -0.2) is 0 Å². The average molecular weight is 170 g/mol. The highest BCUT2D eigenvalue weighted by Crippen LogP contribution is 2.05. The van der Waals surface area contributed by atoms with Crippen molar-refractivity contribution in [3.05, 3.63) is 18.0 Å². The lowest BCUT2D eigenvalue weighted by Crippen LogP contribution is -1.97. The van der Waals surface area contributed by atoms with E-state index < -0.39 is 0 Å². The minimum Gasteiger partial charge on any atom is -0.272 e. The molecule has 0 N–H and O–H groups in total. The van der Waals surface area contributed by atoms with Crippen molar-refractivity contribution in [2.75, 3.05) is 6.26 Å². The largest absolute Gasteiger partial charge is 0.272 e. The van der Waals surface area contributed by atoms with Gasteiger partial charge in [-0.2, -0.15) is 16.9 Å². The molecule has 0 saturated carbocycles. The molecule has 0 radical (unpaired) electrons. The molecule has 1 aromatic rings. The Morgan fingerprint density at radius 2 is 2.45 bits per heavy atom. The summed E-state index contributed by atoms with van der Waals surface area (Å²) in [6.45, 7) is 3.20. The Kier molecular flexibility index (Phi) is 3.49. The van der Waals surface area contributed by atoms with Crippen molar-refractivity contribution in [2.24, 2.45) is 0 Å². The minimum atomic E-state index is 1.02. The molecule has 11 heavy (non-hydrogen) atoms. The number of hydrogen-bond acceptors (Lipinski definition) is 2. The van der Waals surface area contributed by atoms with Gasteiger partial charge in [-0.05, 0) is 18.7 Å². The van der Waals surface area contributed by atoms with Crippen molar-refractivity contribution in [3.8, 4) is 0 Å². The van der Waals surface area contributed by atoms with Crippen LogP contribution in [-0.4, -0.2) is 16.0 Å². The van der Waals surface area contributed by atoms with Crippen LogP contribution in [0.3, 0.4) is 0 Å². The van der Waals surface area contributed by atoms with Crippen LogP contribution in [0.5, 0.6) is 0 Å². The zero-order chi connectivity index (χ0) is 8.10. The quantitative estimate of drug-likeness (QED) is 0.689. The van der Waals surface area contributed by atoms with Gasteiger partial charge in [0.05, 0.1) is 5.69 Å². The van der Waals surface area contributed by atoms with E-state index in [1.54, 1.807) is 0 Å². The summed E-state index contributed by atoms with van der Waals surface area (Å²) in [6.07, 6.45) is 5.30. The summed E-state index contributed by atoms with van der Waals surface area (Å²) in [4.78, 5) is 0. The van der Waals surface area contributed by atoms with Gasteiger partial charge in [-0.3, -0.25) is 4.68 Å². The van der Waals surface area contributed by atoms with Crippen LogP contribution in [0.25, 0.3) is 0 Å². The molecule has 0 aliphatic carbocycles. The lowest BCUT2D eigenvalue weighted by atomic mass is 10.5. The second-order valence-electron chi connectivity index (χ2n) is 2.50. The fraction of sp³-hybridized carbons (Fsp3) is 0.625. The molecule has 1 aromatic heterocycles. The number of nitrogens with zero attached hydrogens (tertiary/aromatic N) is 2. The Balaban J connectivity index is 2.51. The standard InChI is InChI=1S/C8H14N2S/c1-3-5-10-6-4-8(9-10)7-11-2/h4,6H,3,5,7H2,1-2H3. The molecule has 0 fully saturated rings. The minimum absolute atomic E-state index is 1.02. The third kappa shape index (κ3) is 2.58. The first-order valence-corrected chi connectivity index (χ1v) is 5.27. The summed E-state index contributed by atoms with van der Waals surface area (Å²) in [5.74, 6) is 1.02. The van der Waals surface area contributed by atoms with Gasteiger partial charge < -0.3 is 0 Å². The first kappa shape index (κ1) is 8.65. The van der Waals surface area contributed by atoms with Crippen LogP contribution in [0.15, 0.2) is 12.3 Å². The lowest BCUT2D eigenvalue weighted by Gasteiger charge is -1.95. The lowest BCUT2D eigenvalue weighted by molar-refractivity contribution is 0.598. The highest BCUT2D eigenvalue weighted by molar-refractivity contribution is 7.97. The molecule has 0 aliphatic heterocycles. The van der Waals surface area contributed by atoms with E-state index in [-0.39, 0.29) is 0 Å². The molecule has 0 aromatic carbocycles. The van der Waals surface area contributed by atoms with Gasteiger partial charge in [0.25, 0.3) is 0 Å². The summed E-state index contributed by atoms with van der Waals surface area (Å²) in [6, 6.07) is 2.09. The first-order valence-electron chi connectivity index (χ1n) is 3.88. The molecule has 1 heterocycles. The summed E-state index contributed by atoms with van der Waals surface area (Å²) in [7, 11) is 0. The summed E-state index contributed by atoms with van der Waals surface area (Å²) in [5, 5.41) is 4.39. The normalized spacial score (nSPS) is 10.4. The Morgan fingerprint density at radius 3 is 3.09 bits per heavy atom. The fourth-order valence-corrected chi connectivity index (χ4v) is 1.43. The predicted molar refractivity (Wildman–Crippen MR) is 49.7 cm³/mol. The van der Waals surface area contributed by atoms with Gasteiger partial charge in [0, 0.05) is 18.5 Å². The highest BCUT2D eigenvalue weighted by Gasteiger charge is 1.95. The number of rotatable bonds is 4.